The molecule has 0 spiro atoms. The molecular weight excluding hydrogens is 372 g/mol. The number of nitriles is 1. The van der Waals surface area contributed by atoms with E-state index in [2.05, 4.69) is 34.0 Å². The van der Waals surface area contributed by atoms with E-state index in [-0.39, 0.29) is 28.4 Å². The van der Waals surface area contributed by atoms with Gasteiger partial charge in [-0.1, -0.05) is 19.9 Å². The molecule has 0 N–H and O–H groups in total. The normalized spacial score (nSPS) is 23.6. The first-order valence-corrected chi connectivity index (χ1v) is 9.46. The van der Waals surface area contributed by atoms with Gasteiger partial charge in [-0.05, 0) is 54.0 Å². The van der Waals surface area contributed by atoms with Gasteiger partial charge in [0.15, 0.2) is 0 Å². The minimum atomic E-state index is -0.661. The fourth-order valence-electron chi connectivity index (χ4n) is 5.41. The van der Waals surface area contributed by atoms with Gasteiger partial charge in [0.25, 0.3) is 0 Å². The van der Waals surface area contributed by atoms with Crippen LogP contribution in [-0.4, -0.2) is 20.2 Å². The van der Waals surface area contributed by atoms with E-state index in [0.29, 0.717) is 0 Å². The summed E-state index contributed by atoms with van der Waals surface area (Å²) in [4.78, 5) is 8.48. The number of benzene rings is 1. The average Bonchev–Trinajstić information content (AvgIpc) is 3.09. The van der Waals surface area contributed by atoms with Gasteiger partial charge in [-0.3, -0.25) is 0 Å². The summed E-state index contributed by atoms with van der Waals surface area (Å²) < 4.78 is 28.6. The van der Waals surface area contributed by atoms with Gasteiger partial charge in [-0.15, -0.1) is 5.10 Å². The van der Waals surface area contributed by atoms with Crippen LogP contribution in [0.3, 0.4) is 0 Å². The lowest BCUT2D eigenvalue weighted by Gasteiger charge is -2.37. The lowest BCUT2D eigenvalue weighted by molar-refractivity contribution is 0.242. The molecule has 2 heterocycles. The minimum Gasteiger partial charge on any atom is -0.228 e. The molecule has 2 atom stereocenters. The number of rotatable bonds is 2. The van der Waals surface area contributed by atoms with Crippen LogP contribution in [0, 0.1) is 28.4 Å². The lowest BCUT2D eigenvalue weighted by atomic mass is 9.66. The Kier molecular flexibility index (Phi) is 3.60. The fraction of sp³-hybridized carbons (Fsp3) is 0.318. The summed E-state index contributed by atoms with van der Waals surface area (Å²) in [7, 11) is 0. The highest BCUT2D eigenvalue weighted by Gasteiger charge is 2.65. The Morgan fingerprint density at radius 3 is 2.62 bits per heavy atom. The molecule has 1 aromatic carbocycles. The molecule has 0 unspecified atom stereocenters. The van der Waals surface area contributed by atoms with Crippen LogP contribution < -0.4 is 0 Å². The second-order valence-electron chi connectivity index (χ2n) is 8.23. The predicted molar refractivity (Wildman–Crippen MR) is 101 cm³/mol. The summed E-state index contributed by atoms with van der Waals surface area (Å²) in [6.07, 6.45) is 3.31. The van der Waals surface area contributed by atoms with E-state index in [9.17, 15) is 14.0 Å². The third kappa shape index (κ3) is 2.17. The van der Waals surface area contributed by atoms with Crippen molar-refractivity contribution in [3.8, 4) is 17.3 Å². The summed E-state index contributed by atoms with van der Waals surface area (Å²) in [5.74, 6) is -1.05. The number of hydrogen-bond donors (Lipinski definition) is 0. The zero-order valence-electron chi connectivity index (χ0n) is 15.9. The maximum atomic E-state index is 14.3. The Labute approximate surface area is 166 Å². The van der Waals surface area contributed by atoms with Gasteiger partial charge in [0.2, 0.25) is 5.82 Å². The first kappa shape index (κ1) is 17.8. The van der Waals surface area contributed by atoms with Gasteiger partial charge in [-0.25, -0.2) is 18.7 Å². The zero-order chi connectivity index (χ0) is 20.4. The molecule has 2 aliphatic carbocycles. The largest absolute Gasteiger partial charge is 0.232 e. The number of aromatic nitrogens is 4. The molecule has 2 aliphatic rings. The van der Waals surface area contributed by atoms with E-state index in [0.717, 1.165) is 29.8 Å². The van der Waals surface area contributed by atoms with Gasteiger partial charge in [0.05, 0.1) is 28.1 Å². The van der Waals surface area contributed by atoms with Crippen molar-refractivity contribution < 1.29 is 8.78 Å². The molecule has 7 heteroatoms. The van der Waals surface area contributed by atoms with Gasteiger partial charge in [0, 0.05) is 6.20 Å². The molecule has 3 aromatic rings. The summed E-state index contributed by atoms with van der Waals surface area (Å²) in [6.45, 7) is 4.31. The maximum Gasteiger partial charge on any atom is 0.232 e. The first-order chi connectivity index (χ1) is 13.9. The molecule has 144 valence electrons. The molecule has 29 heavy (non-hydrogen) atoms. The highest BCUT2D eigenvalue weighted by atomic mass is 19.1. The maximum absolute atomic E-state index is 14.3. The van der Waals surface area contributed by atoms with Crippen molar-refractivity contribution in [3.63, 3.8) is 0 Å². The summed E-state index contributed by atoms with van der Waals surface area (Å²) in [5, 5.41) is 17.9. The third-order valence-electron chi connectivity index (χ3n) is 6.79. The van der Waals surface area contributed by atoms with Crippen molar-refractivity contribution in [3.05, 3.63) is 70.9 Å². The van der Waals surface area contributed by atoms with Crippen LogP contribution in [0.4, 0.5) is 8.78 Å². The highest BCUT2D eigenvalue weighted by Crippen LogP contribution is 2.69. The van der Waals surface area contributed by atoms with E-state index in [1.807, 2.05) is 12.1 Å². The van der Waals surface area contributed by atoms with Crippen molar-refractivity contribution in [2.75, 3.05) is 0 Å². The summed E-state index contributed by atoms with van der Waals surface area (Å²) in [5.41, 5.74) is 1.75. The first-order valence-electron chi connectivity index (χ1n) is 9.46. The van der Waals surface area contributed by atoms with Crippen molar-refractivity contribution in [2.24, 2.45) is 5.41 Å². The van der Waals surface area contributed by atoms with Gasteiger partial charge in [-0.2, -0.15) is 10.4 Å². The molecule has 1 fully saturated rings. The molecule has 5 nitrogen and oxygen atoms in total. The quantitative estimate of drug-likeness (QED) is 0.654. The van der Waals surface area contributed by atoms with Crippen LogP contribution in [-0.2, 0) is 5.41 Å². The molecule has 2 bridgehead atoms. The second kappa shape index (κ2) is 5.86. The standard InChI is InChI=1S/C22H17F2N5/c1-21(2)13-6-8-22(21,17-7-9-26-18(11-25)27-17)20-12(13)10-16(28-29-20)19-14(23)4-3-5-15(19)24/h3-5,7,9-10,13H,6,8H2,1-2H3/t13-,22-/m0/s1. The fourth-order valence-corrected chi connectivity index (χ4v) is 5.41. The second-order valence-corrected chi connectivity index (χ2v) is 8.23. The van der Waals surface area contributed by atoms with Gasteiger partial charge >= 0.3 is 0 Å². The van der Waals surface area contributed by atoms with Gasteiger partial charge < -0.3 is 0 Å². The Morgan fingerprint density at radius 1 is 1.14 bits per heavy atom. The van der Waals surface area contributed by atoms with Crippen molar-refractivity contribution >= 4 is 0 Å². The molecule has 5 rings (SSSR count). The number of fused-ring (bicyclic) bond motifs is 5. The van der Waals surface area contributed by atoms with Crippen molar-refractivity contribution in [1.29, 1.82) is 5.26 Å². The Bertz CT molecular complexity index is 1180. The Morgan fingerprint density at radius 2 is 1.90 bits per heavy atom. The van der Waals surface area contributed by atoms with Crippen LogP contribution in [0.1, 0.15) is 55.4 Å². The highest BCUT2D eigenvalue weighted by molar-refractivity contribution is 5.64. The van der Waals surface area contributed by atoms with E-state index < -0.39 is 17.0 Å². The number of nitrogens with zero attached hydrogens (tertiary/aromatic N) is 5. The lowest BCUT2D eigenvalue weighted by Crippen LogP contribution is -2.38. The van der Waals surface area contributed by atoms with Crippen molar-refractivity contribution in [2.45, 2.75) is 38.0 Å². The average molecular weight is 389 g/mol. The SMILES string of the molecule is CC1(C)[C@H]2CC[C@]1(c1ccnc(C#N)n1)c1nnc(-c3c(F)cccc3F)cc12. The predicted octanol–water partition coefficient (Wildman–Crippen LogP) is 4.29. The molecule has 0 radical (unpaired) electrons. The smallest absolute Gasteiger partial charge is 0.228 e. The minimum absolute atomic E-state index is 0.114. The molecule has 0 amide bonds. The molecule has 0 saturated heterocycles. The van der Waals surface area contributed by atoms with Crippen LogP contribution in [0.2, 0.25) is 0 Å². The van der Waals surface area contributed by atoms with E-state index in [1.54, 1.807) is 12.3 Å². The molecule has 1 saturated carbocycles. The monoisotopic (exact) mass is 389 g/mol. The van der Waals surface area contributed by atoms with Crippen LogP contribution in [0.5, 0.6) is 0 Å². The van der Waals surface area contributed by atoms with Gasteiger partial charge in [0.1, 0.15) is 17.7 Å². The van der Waals surface area contributed by atoms with Crippen LogP contribution in [0.25, 0.3) is 11.3 Å². The Hall–Kier alpha value is -3.27. The van der Waals surface area contributed by atoms with Crippen molar-refractivity contribution in [1.82, 2.24) is 20.2 Å². The number of halogens is 2. The molecular formula is C22H17F2N5. The van der Waals surface area contributed by atoms with E-state index >= 15 is 0 Å². The van der Waals surface area contributed by atoms with E-state index in [1.165, 1.54) is 18.2 Å². The molecule has 0 aliphatic heterocycles. The van der Waals surface area contributed by atoms with Crippen LogP contribution in [0.15, 0.2) is 36.5 Å². The summed E-state index contributed by atoms with van der Waals surface area (Å²) in [6, 6.07) is 9.36. The summed E-state index contributed by atoms with van der Waals surface area (Å²) >= 11 is 0. The zero-order valence-corrected chi connectivity index (χ0v) is 15.9. The number of hydrogen-bond acceptors (Lipinski definition) is 5. The third-order valence-corrected chi connectivity index (χ3v) is 6.79. The van der Waals surface area contributed by atoms with E-state index in [4.69, 9.17) is 0 Å². The van der Waals surface area contributed by atoms with Crippen LogP contribution >= 0.6 is 0 Å². The topological polar surface area (TPSA) is 75.3 Å². The molecule has 2 aromatic heterocycles. The Balaban J connectivity index is 1.74.